The van der Waals surface area contributed by atoms with E-state index in [0.717, 1.165) is 21.8 Å². The van der Waals surface area contributed by atoms with Crippen molar-refractivity contribution in [1.29, 1.82) is 0 Å². The quantitative estimate of drug-likeness (QED) is 0.547. The molecule has 7 heteroatoms. The summed E-state index contributed by atoms with van der Waals surface area (Å²) in [6, 6.07) is 12.5. The lowest BCUT2D eigenvalue weighted by molar-refractivity contribution is -0.123. The lowest BCUT2D eigenvalue weighted by atomic mass is 10.2. The van der Waals surface area contributed by atoms with Crippen molar-refractivity contribution in [1.82, 2.24) is 4.90 Å². The van der Waals surface area contributed by atoms with Gasteiger partial charge in [0.25, 0.3) is 11.1 Å². The molecule has 3 nitrogen and oxygen atoms in total. The van der Waals surface area contributed by atoms with Crippen molar-refractivity contribution in [2.75, 3.05) is 0 Å². The Morgan fingerprint density at radius 2 is 1.88 bits per heavy atom. The van der Waals surface area contributed by atoms with Crippen LogP contribution in [0, 0.1) is 0 Å². The molecule has 0 saturated carbocycles. The fourth-order valence-corrected chi connectivity index (χ4v) is 3.90. The van der Waals surface area contributed by atoms with Crippen LogP contribution in [-0.2, 0) is 11.3 Å². The van der Waals surface area contributed by atoms with Crippen LogP contribution in [0.25, 0.3) is 6.08 Å². The van der Waals surface area contributed by atoms with Crippen LogP contribution >= 0.6 is 50.9 Å². The number of rotatable bonds is 3. The molecule has 0 spiro atoms. The molecule has 1 fully saturated rings. The van der Waals surface area contributed by atoms with Crippen LogP contribution in [0.15, 0.2) is 51.8 Å². The molecule has 0 unspecified atom stereocenters. The Labute approximate surface area is 161 Å². The van der Waals surface area contributed by atoms with Crippen LogP contribution in [0.2, 0.25) is 10.0 Å². The number of hydrogen-bond donors (Lipinski definition) is 0. The van der Waals surface area contributed by atoms with Gasteiger partial charge in [-0.3, -0.25) is 14.5 Å². The maximum Gasteiger partial charge on any atom is 0.293 e. The number of hydrogen-bond acceptors (Lipinski definition) is 3. The number of carbonyl (C=O) groups excluding carboxylic acids is 2. The Hall–Kier alpha value is -1.27. The Kier molecular flexibility index (Phi) is 5.35. The molecule has 1 aliphatic heterocycles. The SMILES string of the molecule is O=C1S/C(=C/c2ccc(Cl)cc2Cl)C(=O)N1Cc1ccccc1Br. The molecule has 1 saturated heterocycles. The third-order valence-electron chi connectivity index (χ3n) is 3.41. The molecule has 0 bridgehead atoms. The zero-order chi connectivity index (χ0) is 17.3. The number of benzene rings is 2. The van der Waals surface area contributed by atoms with Gasteiger partial charge in [0, 0.05) is 14.5 Å². The van der Waals surface area contributed by atoms with Crippen molar-refractivity contribution in [3.05, 3.63) is 73.0 Å². The van der Waals surface area contributed by atoms with E-state index in [-0.39, 0.29) is 17.7 Å². The lowest BCUT2D eigenvalue weighted by Crippen LogP contribution is -2.27. The number of carbonyl (C=O) groups is 2. The smallest absolute Gasteiger partial charge is 0.268 e. The van der Waals surface area contributed by atoms with E-state index in [4.69, 9.17) is 23.2 Å². The molecule has 24 heavy (non-hydrogen) atoms. The third-order valence-corrected chi connectivity index (χ3v) is 5.65. The van der Waals surface area contributed by atoms with Gasteiger partial charge in [-0.15, -0.1) is 0 Å². The van der Waals surface area contributed by atoms with Crippen molar-refractivity contribution in [3.63, 3.8) is 0 Å². The number of amides is 2. The molecule has 1 aliphatic rings. The normalized spacial score (nSPS) is 16.3. The molecule has 0 aliphatic carbocycles. The Balaban J connectivity index is 1.86. The first-order chi connectivity index (χ1) is 11.5. The second kappa shape index (κ2) is 7.31. The maximum atomic E-state index is 12.5. The minimum absolute atomic E-state index is 0.220. The van der Waals surface area contributed by atoms with Crippen molar-refractivity contribution in [2.24, 2.45) is 0 Å². The van der Waals surface area contributed by atoms with Gasteiger partial charge in [0.1, 0.15) is 0 Å². The highest BCUT2D eigenvalue weighted by atomic mass is 79.9. The van der Waals surface area contributed by atoms with E-state index in [1.165, 1.54) is 4.90 Å². The van der Waals surface area contributed by atoms with Crippen molar-refractivity contribution >= 4 is 68.1 Å². The van der Waals surface area contributed by atoms with Gasteiger partial charge >= 0.3 is 0 Å². The lowest BCUT2D eigenvalue weighted by Gasteiger charge is -2.13. The topological polar surface area (TPSA) is 37.4 Å². The first-order valence-corrected chi connectivity index (χ1v) is 9.26. The molecule has 0 aromatic heterocycles. The predicted molar refractivity (Wildman–Crippen MR) is 102 cm³/mol. The molecule has 2 aromatic carbocycles. The van der Waals surface area contributed by atoms with Crippen LogP contribution in [0.1, 0.15) is 11.1 Å². The third kappa shape index (κ3) is 3.70. The molecule has 3 rings (SSSR count). The standard InChI is InChI=1S/C17H10BrCl2NO2S/c18-13-4-2-1-3-11(13)9-21-16(22)15(24-17(21)23)7-10-5-6-12(19)8-14(10)20/h1-8H,9H2/b15-7+. The van der Waals surface area contributed by atoms with Gasteiger partial charge in [0.2, 0.25) is 0 Å². The molecule has 2 amide bonds. The largest absolute Gasteiger partial charge is 0.293 e. The fraction of sp³-hybridized carbons (Fsp3) is 0.0588. The number of halogens is 3. The number of nitrogens with zero attached hydrogens (tertiary/aromatic N) is 1. The number of thioether (sulfide) groups is 1. The second-order valence-corrected chi connectivity index (χ2v) is 7.72. The molecular formula is C17H10BrCl2NO2S. The minimum Gasteiger partial charge on any atom is -0.268 e. The Morgan fingerprint density at radius 3 is 2.58 bits per heavy atom. The van der Waals surface area contributed by atoms with E-state index >= 15 is 0 Å². The highest BCUT2D eigenvalue weighted by Crippen LogP contribution is 2.35. The zero-order valence-corrected chi connectivity index (χ0v) is 16.0. The second-order valence-electron chi connectivity index (χ2n) is 5.03. The van der Waals surface area contributed by atoms with E-state index in [1.807, 2.05) is 24.3 Å². The summed E-state index contributed by atoms with van der Waals surface area (Å²) in [6.45, 7) is 0.220. The summed E-state index contributed by atoms with van der Waals surface area (Å²) >= 11 is 16.3. The van der Waals surface area contributed by atoms with E-state index < -0.39 is 0 Å². The highest BCUT2D eigenvalue weighted by Gasteiger charge is 2.35. The average molecular weight is 443 g/mol. The van der Waals surface area contributed by atoms with Crippen LogP contribution in [-0.4, -0.2) is 16.0 Å². The summed E-state index contributed by atoms with van der Waals surface area (Å²) < 4.78 is 0.855. The fourth-order valence-electron chi connectivity index (χ4n) is 2.19. The van der Waals surface area contributed by atoms with E-state index in [1.54, 1.807) is 24.3 Å². The van der Waals surface area contributed by atoms with Crippen LogP contribution in [0.3, 0.4) is 0 Å². The van der Waals surface area contributed by atoms with Crippen molar-refractivity contribution in [3.8, 4) is 0 Å². The zero-order valence-electron chi connectivity index (χ0n) is 12.1. The summed E-state index contributed by atoms with van der Waals surface area (Å²) in [5.74, 6) is -0.327. The molecule has 0 radical (unpaired) electrons. The molecule has 0 N–H and O–H groups in total. The first kappa shape index (κ1) is 17.5. The summed E-state index contributed by atoms with van der Waals surface area (Å²) in [7, 11) is 0. The molecule has 122 valence electrons. The average Bonchev–Trinajstić information content (AvgIpc) is 2.79. The van der Waals surface area contributed by atoms with E-state index in [9.17, 15) is 9.59 Å². The summed E-state index contributed by atoms with van der Waals surface area (Å²) in [4.78, 5) is 26.3. The van der Waals surface area contributed by atoms with Gasteiger partial charge in [-0.25, -0.2) is 0 Å². The maximum absolute atomic E-state index is 12.5. The van der Waals surface area contributed by atoms with Gasteiger partial charge in [0.05, 0.1) is 11.4 Å². The summed E-state index contributed by atoms with van der Waals surface area (Å²) in [5, 5.41) is 0.645. The van der Waals surface area contributed by atoms with E-state index in [0.29, 0.717) is 20.5 Å². The minimum atomic E-state index is -0.327. The molecule has 2 aromatic rings. The van der Waals surface area contributed by atoms with Gasteiger partial charge in [-0.2, -0.15) is 0 Å². The van der Waals surface area contributed by atoms with Gasteiger partial charge in [0.15, 0.2) is 0 Å². The Bertz CT molecular complexity index is 869. The Morgan fingerprint density at radius 1 is 1.12 bits per heavy atom. The van der Waals surface area contributed by atoms with Crippen LogP contribution < -0.4 is 0 Å². The monoisotopic (exact) mass is 441 g/mol. The van der Waals surface area contributed by atoms with Crippen LogP contribution in [0.5, 0.6) is 0 Å². The summed E-state index contributed by atoms with van der Waals surface area (Å²) in [5.41, 5.74) is 1.51. The summed E-state index contributed by atoms with van der Waals surface area (Å²) in [6.07, 6.45) is 1.61. The van der Waals surface area contributed by atoms with Crippen LogP contribution in [0.4, 0.5) is 4.79 Å². The van der Waals surface area contributed by atoms with Crippen molar-refractivity contribution in [2.45, 2.75) is 6.54 Å². The predicted octanol–water partition coefficient (Wildman–Crippen LogP) is 5.99. The van der Waals surface area contributed by atoms with E-state index in [2.05, 4.69) is 15.9 Å². The molecule has 1 heterocycles. The highest BCUT2D eigenvalue weighted by molar-refractivity contribution is 9.10. The van der Waals surface area contributed by atoms with Crippen molar-refractivity contribution < 1.29 is 9.59 Å². The number of imide groups is 1. The van der Waals surface area contributed by atoms with Gasteiger partial charge in [-0.1, -0.05) is 63.4 Å². The van der Waals surface area contributed by atoms with Gasteiger partial charge in [-0.05, 0) is 47.2 Å². The molecule has 0 atom stereocenters. The first-order valence-electron chi connectivity index (χ1n) is 6.89. The molecular weight excluding hydrogens is 433 g/mol. The van der Waals surface area contributed by atoms with Gasteiger partial charge < -0.3 is 0 Å².